The zero-order valence-corrected chi connectivity index (χ0v) is 43.0. The molecule has 0 saturated carbocycles. The third-order valence-electron chi connectivity index (χ3n) is 12.5. The summed E-state index contributed by atoms with van der Waals surface area (Å²) in [5, 5.41) is 18.8. The van der Waals surface area contributed by atoms with Crippen molar-refractivity contribution in [2.75, 3.05) is 19.6 Å². The van der Waals surface area contributed by atoms with Crippen LogP contribution in [0.2, 0.25) is 0 Å². The van der Waals surface area contributed by atoms with E-state index in [4.69, 9.17) is 34.4 Å². The molecule has 0 spiro atoms. The van der Waals surface area contributed by atoms with E-state index in [2.05, 4.69) is 47.2 Å². The highest BCUT2D eigenvalue weighted by molar-refractivity contribution is 5.99. The summed E-state index contributed by atoms with van der Waals surface area (Å²) in [6.45, 7) is 3.88. The Kier molecular flexibility index (Phi) is 23.9. The molecule has 2 heterocycles. The molecule has 2 aliphatic rings. The number of rotatable bonds is 30. The molecule has 2 fully saturated rings. The van der Waals surface area contributed by atoms with Gasteiger partial charge >= 0.3 is 0 Å². The van der Waals surface area contributed by atoms with E-state index < -0.39 is 108 Å². The highest BCUT2D eigenvalue weighted by Gasteiger charge is 2.40. The topological polar surface area (TPSA) is 439 Å². The van der Waals surface area contributed by atoms with Gasteiger partial charge in [0.2, 0.25) is 59.1 Å². The van der Waals surface area contributed by atoms with Gasteiger partial charge in [-0.25, -0.2) is 0 Å². The molecule has 76 heavy (non-hydrogen) atoms. The fraction of sp³-hybridized carbons (Fsp3) is 0.520. The van der Waals surface area contributed by atoms with Crippen LogP contribution >= 0.6 is 0 Å². The Morgan fingerprint density at radius 2 is 1.08 bits per heavy atom. The van der Waals surface area contributed by atoms with Crippen molar-refractivity contribution >= 4 is 71.0 Å². The Morgan fingerprint density at radius 3 is 1.58 bits per heavy atom. The number of carbonyl (C=O) groups excluding carboxylic acids is 10. The number of nitrogens with zero attached hydrogens (tertiary/aromatic N) is 3. The summed E-state index contributed by atoms with van der Waals surface area (Å²) in [5.74, 6) is -7.87. The van der Waals surface area contributed by atoms with E-state index in [1.54, 1.807) is 60.7 Å². The number of aliphatic imine (C=N–C) groups is 2. The van der Waals surface area contributed by atoms with Crippen LogP contribution in [0.25, 0.3) is 0 Å². The fourth-order valence-electron chi connectivity index (χ4n) is 8.72. The molecule has 0 radical (unpaired) electrons. The van der Waals surface area contributed by atoms with Crippen LogP contribution in [0.5, 0.6) is 0 Å². The molecule has 2 aromatic rings. The zero-order chi connectivity index (χ0) is 55.9. The SMILES string of the molecule is CC(C)C[C@H](NC(=O)[C@H](Cc1ccccc1)NC(=O)[C@H]1CCC(=O)N1)C(=O)N[C@@H](Cc1ccccc1)C(=O)N[C@@H](CCCN=C(N)N)C(=O)N1CCC[C@H]1C(=O)N[C@@H](CCCN=C(N)N)C(=O)N[C@@H](CC(N)=O)C(N)=O. The molecule has 0 unspecified atom stereocenters. The van der Waals surface area contributed by atoms with E-state index in [0.717, 1.165) is 0 Å². The van der Waals surface area contributed by atoms with Gasteiger partial charge in [-0.3, -0.25) is 57.9 Å². The van der Waals surface area contributed by atoms with Crippen LogP contribution in [0.4, 0.5) is 0 Å². The van der Waals surface area contributed by atoms with E-state index in [0.29, 0.717) is 17.5 Å². The lowest BCUT2D eigenvalue weighted by Crippen LogP contribution is -2.60. The molecule has 2 aromatic carbocycles. The number of guanidine groups is 2. The van der Waals surface area contributed by atoms with E-state index in [-0.39, 0.29) is 108 Å². The van der Waals surface area contributed by atoms with E-state index >= 15 is 0 Å². The first-order chi connectivity index (χ1) is 36.1. The molecular weight excluding hydrogens is 985 g/mol. The minimum absolute atomic E-state index is 0.0342. The zero-order valence-electron chi connectivity index (χ0n) is 43.0. The van der Waals surface area contributed by atoms with Gasteiger partial charge < -0.3 is 76.5 Å². The first-order valence-corrected chi connectivity index (χ1v) is 25.3. The molecule has 0 bridgehead atoms. The van der Waals surface area contributed by atoms with E-state index in [9.17, 15) is 47.9 Å². The molecular formula is C50H74N16O10. The third kappa shape index (κ3) is 20.2. The van der Waals surface area contributed by atoms with Crippen molar-refractivity contribution in [3.05, 3.63) is 71.8 Å². The molecule has 19 N–H and O–H groups in total. The lowest BCUT2D eigenvalue weighted by Gasteiger charge is -2.31. The van der Waals surface area contributed by atoms with Crippen LogP contribution in [-0.4, -0.2) is 144 Å². The Labute approximate surface area is 440 Å². The van der Waals surface area contributed by atoms with Crippen molar-refractivity contribution in [1.29, 1.82) is 0 Å². The number of likely N-dealkylation sites (tertiary alicyclic amines) is 1. The van der Waals surface area contributed by atoms with E-state index in [1.807, 2.05) is 13.8 Å². The Bertz CT molecular complexity index is 2420. The first kappa shape index (κ1) is 60.2. The second kappa shape index (κ2) is 30.1. The van der Waals surface area contributed by atoms with Crippen LogP contribution in [0.15, 0.2) is 70.6 Å². The van der Waals surface area contributed by atoms with Crippen molar-refractivity contribution < 1.29 is 47.9 Å². The summed E-state index contributed by atoms with van der Waals surface area (Å²) in [6.07, 6.45) is 0.669. The highest BCUT2D eigenvalue weighted by Crippen LogP contribution is 2.21. The Morgan fingerprint density at radius 1 is 0.605 bits per heavy atom. The van der Waals surface area contributed by atoms with Crippen molar-refractivity contribution in [2.24, 2.45) is 50.3 Å². The molecule has 2 aliphatic heterocycles. The van der Waals surface area contributed by atoms with Crippen LogP contribution in [0, 0.1) is 5.92 Å². The summed E-state index contributed by atoms with van der Waals surface area (Å²) in [7, 11) is 0. The van der Waals surface area contributed by atoms with Crippen molar-refractivity contribution in [3.8, 4) is 0 Å². The standard InChI is InChI=1S/C50H74N16O10/c1-28(2)24-35(63-46(74)37(26-30-14-7-4-8-15-30)64-43(71)32-19-20-40(68)59-32)44(72)65-36(25-29-12-5-3-6-13-29)45(73)61-33(17-10-22-58-50(55)56)48(76)66-23-11-18-38(66)47(75)60-31(16-9-21-57-49(53)54)42(70)62-34(41(52)69)27-39(51)67/h3-8,12-15,28,31-38H,9-11,16-27H2,1-2H3,(H2,51,67)(H2,52,69)(H,59,68)(H,60,75)(H,61,73)(H,62,70)(H,63,74)(H,64,71)(H,65,72)(H4,53,54,57)(H4,55,56,58)/t31-,32+,33-,34-,35-,36-,37-,38-/m0/s1. The van der Waals surface area contributed by atoms with Crippen molar-refractivity contribution in [3.63, 3.8) is 0 Å². The van der Waals surface area contributed by atoms with Gasteiger partial charge in [0.15, 0.2) is 11.9 Å². The van der Waals surface area contributed by atoms with Crippen molar-refractivity contribution in [1.82, 2.24) is 42.1 Å². The number of hydrogen-bond acceptors (Lipinski definition) is 12. The van der Waals surface area contributed by atoms with Gasteiger partial charge in [0.1, 0.15) is 48.3 Å². The van der Waals surface area contributed by atoms with Crippen LogP contribution in [0.3, 0.4) is 0 Å². The Hall–Kier alpha value is -8.32. The maximum Gasteiger partial charge on any atom is 0.245 e. The number of benzene rings is 2. The third-order valence-corrected chi connectivity index (χ3v) is 12.5. The molecule has 4 rings (SSSR count). The van der Waals surface area contributed by atoms with E-state index in [1.165, 1.54) is 4.90 Å². The molecule has 414 valence electrons. The summed E-state index contributed by atoms with van der Waals surface area (Å²) in [5.41, 5.74) is 34.1. The monoisotopic (exact) mass is 1060 g/mol. The molecule has 2 saturated heterocycles. The molecule has 26 nitrogen and oxygen atoms in total. The molecule has 8 atom stereocenters. The average Bonchev–Trinajstić information content (AvgIpc) is 4.05. The minimum atomic E-state index is -1.49. The molecule has 0 aliphatic carbocycles. The maximum atomic E-state index is 14.7. The molecule has 26 heteroatoms. The lowest BCUT2D eigenvalue weighted by atomic mass is 9.99. The van der Waals surface area contributed by atoms with Crippen molar-refractivity contribution in [2.45, 2.75) is 139 Å². The minimum Gasteiger partial charge on any atom is -0.370 e. The van der Waals surface area contributed by atoms with Gasteiger partial charge in [0.25, 0.3) is 0 Å². The lowest BCUT2D eigenvalue weighted by molar-refractivity contribution is -0.142. The van der Waals surface area contributed by atoms with Gasteiger partial charge in [-0.15, -0.1) is 0 Å². The van der Waals surface area contributed by atoms with Crippen LogP contribution < -0.4 is 71.6 Å². The van der Waals surface area contributed by atoms with Crippen LogP contribution in [-0.2, 0) is 60.8 Å². The predicted molar refractivity (Wildman–Crippen MR) is 280 cm³/mol. The smallest absolute Gasteiger partial charge is 0.245 e. The van der Waals surface area contributed by atoms with Gasteiger partial charge in [-0.1, -0.05) is 74.5 Å². The number of nitrogens with two attached hydrogens (primary N) is 6. The predicted octanol–water partition coefficient (Wildman–Crippen LogP) is -3.84. The van der Waals surface area contributed by atoms with Gasteiger partial charge in [0, 0.05) is 38.9 Å². The summed E-state index contributed by atoms with van der Waals surface area (Å²) < 4.78 is 0. The number of amides is 10. The summed E-state index contributed by atoms with van der Waals surface area (Å²) >= 11 is 0. The van der Waals surface area contributed by atoms with Gasteiger partial charge in [0.05, 0.1) is 6.42 Å². The second-order valence-corrected chi connectivity index (χ2v) is 19.2. The van der Waals surface area contributed by atoms with Gasteiger partial charge in [-0.2, -0.15) is 0 Å². The largest absolute Gasteiger partial charge is 0.370 e. The second-order valence-electron chi connectivity index (χ2n) is 19.2. The summed E-state index contributed by atoms with van der Waals surface area (Å²) in [6, 6.07) is 7.83. The summed E-state index contributed by atoms with van der Waals surface area (Å²) in [4.78, 5) is 144. The quantitative estimate of drug-likeness (QED) is 0.0203. The van der Waals surface area contributed by atoms with Gasteiger partial charge in [-0.05, 0) is 68.4 Å². The number of primary amides is 2. The van der Waals surface area contributed by atoms with Crippen LogP contribution in [0.1, 0.15) is 89.2 Å². The normalized spacial score (nSPS) is 17.2. The molecule has 10 amide bonds. The number of nitrogens with one attached hydrogen (secondary N) is 7. The highest BCUT2D eigenvalue weighted by atomic mass is 16.2. The average molecular weight is 1060 g/mol. The number of carbonyl (C=O) groups is 10. The fourth-order valence-corrected chi connectivity index (χ4v) is 8.72. The Balaban J connectivity index is 1.61. The number of hydrogen-bond donors (Lipinski definition) is 13. The molecule has 0 aromatic heterocycles. The first-order valence-electron chi connectivity index (χ1n) is 25.3. The maximum absolute atomic E-state index is 14.7.